The largest absolute Gasteiger partial charge is 0.458 e. The summed E-state index contributed by atoms with van der Waals surface area (Å²) in [5.74, 6) is -0.231. The summed E-state index contributed by atoms with van der Waals surface area (Å²) in [6, 6.07) is 14.5. The van der Waals surface area contributed by atoms with Crippen LogP contribution in [0.5, 0.6) is 0 Å². The molecule has 158 valence electrons. The molecule has 6 heteroatoms. The van der Waals surface area contributed by atoms with Crippen molar-refractivity contribution in [3.05, 3.63) is 71.7 Å². The van der Waals surface area contributed by atoms with Crippen molar-refractivity contribution in [2.75, 3.05) is 0 Å². The minimum absolute atomic E-state index is 0.0425. The molecule has 1 saturated carbocycles. The molecular weight excluding hydrogens is 413 g/mol. The smallest absolute Gasteiger partial charge is 0.309 e. The number of esters is 1. The molecule has 4 nitrogen and oxygen atoms in total. The average molecular weight is 436 g/mol. The van der Waals surface area contributed by atoms with Gasteiger partial charge in [-0.05, 0) is 49.2 Å². The van der Waals surface area contributed by atoms with E-state index in [-0.39, 0.29) is 18.2 Å². The lowest BCUT2D eigenvalue weighted by molar-refractivity contribution is -0.156. The number of aliphatic hydroxyl groups excluding tert-OH is 1. The molecule has 1 N–H and O–H groups in total. The van der Waals surface area contributed by atoms with Crippen LogP contribution in [-0.4, -0.2) is 28.3 Å². The zero-order valence-corrected chi connectivity index (χ0v) is 17.6. The molecule has 2 atom stereocenters. The number of aromatic nitrogens is 1. The van der Waals surface area contributed by atoms with E-state index in [4.69, 9.17) is 9.72 Å². The molecule has 1 aliphatic heterocycles. The van der Waals surface area contributed by atoms with Crippen molar-refractivity contribution in [3.63, 3.8) is 0 Å². The monoisotopic (exact) mass is 435 g/mol. The summed E-state index contributed by atoms with van der Waals surface area (Å²) >= 11 is 1.58. The number of halogens is 1. The van der Waals surface area contributed by atoms with Crippen molar-refractivity contribution >= 4 is 34.7 Å². The molecule has 0 spiro atoms. The van der Waals surface area contributed by atoms with Gasteiger partial charge in [-0.2, -0.15) is 0 Å². The predicted molar refractivity (Wildman–Crippen MR) is 118 cm³/mol. The Morgan fingerprint density at radius 3 is 2.65 bits per heavy atom. The maximum atomic E-state index is 13.4. The fourth-order valence-electron chi connectivity index (χ4n) is 3.90. The normalized spacial score (nSPS) is 21.5. The highest BCUT2D eigenvalue weighted by Crippen LogP contribution is 2.46. The number of hydrogen-bond donors (Lipinski definition) is 1. The number of rotatable bonds is 5. The maximum absolute atomic E-state index is 13.4. The molecule has 0 radical (unpaired) electrons. The molecule has 31 heavy (non-hydrogen) atoms. The quantitative estimate of drug-likeness (QED) is 0.538. The van der Waals surface area contributed by atoms with Crippen molar-refractivity contribution in [3.8, 4) is 0 Å². The highest BCUT2D eigenvalue weighted by Gasteiger charge is 2.30. The van der Waals surface area contributed by atoms with E-state index in [1.165, 1.54) is 12.1 Å². The van der Waals surface area contributed by atoms with Gasteiger partial charge >= 0.3 is 5.97 Å². The number of aliphatic hydroxyl groups is 1. The molecule has 3 aromatic rings. The van der Waals surface area contributed by atoms with Crippen molar-refractivity contribution in [2.45, 2.75) is 53.6 Å². The van der Waals surface area contributed by atoms with Crippen LogP contribution in [0.4, 0.5) is 4.39 Å². The second-order valence-electron chi connectivity index (χ2n) is 8.07. The second-order valence-corrected chi connectivity index (χ2v) is 9.15. The number of para-hydroxylation sites is 1. The van der Waals surface area contributed by atoms with E-state index in [1.807, 2.05) is 36.4 Å². The van der Waals surface area contributed by atoms with E-state index in [2.05, 4.69) is 0 Å². The molecule has 0 bridgehead atoms. The zero-order valence-electron chi connectivity index (χ0n) is 16.8. The van der Waals surface area contributed by atoms with Gasteiger partial charge in [0.25, 0.3) is 0 Å². The SMILES string of the molecule is O=C1CC(O)CC(/C=C/c2c(C3CC3)nc3ccccc3c2Sc2ccc(F)cc2)O1. The Kier molecular flexibility index (Phi) is 5.50. The van der Waals surface area contributed by atoms with Crippen molar-refractivity contribution in [1.29, 1.82) is 0 Å². The Hall–Kier alpha value is -2.70. The third-order valence-corrected chi connectivity index (χ3v) is 6.73. The molecule has 1 aliphatic carbocycles. The predicted octanol–water partition coefficient (Wildman–Crippen LogP) is 5.48. The molecule has 2 fully saturated rings. The van der Waals surface area contributed by atoms with E-state index in [1.54, 1.807) is 23.9 Å². The Bertz CT molecular complexity index is 1160. The van der Waals surface area contributed by atoms with E-state index in [9.17, 15) is 14.3 Å². The van der Waals surface area contributed by atoms with Crippen LogP contribution < -0.4 is 0 Å². The number of nitrogens with zero attached hydrogens (tertiary/aromatic N) is 1. The van der Waals surface area contributed by atoms with E-state index in [0.717, 1.165) is 44.8 Å². The van der Waals surface area contributed by atoms with Gasteiger partial charge < -0.3 is 9.84 Å². The topological polar surface area (TPSA) is 59.4 Å². The number of cyclic esters (lactones) is 1. The summed E-state index contributed by atoms with van der Waals surface area (Å²) in [7, 11) is 0. The molecule has 1 aromatic heterocycles. The van der Waals surface area contributed by atoms with Crippen LogP contribution in [0.3, 0.4) is 0 Å². The number of carbonyl (C=O) groups excluding carboxylic acids is 1. The minimum Gasteiger partial charge on any atom is -0.458 e. The van der Waals surface area contributed by atoms with Crippen LogP contribution in [0.25, 0.3) is 17.0 Å². The number of benzene rings is 2. The maximum Gasteiger partial charge on any atom is 0.309 e. The molecule has 0 amide bonds. The van der Waals surface area contributed by atoms with E-state index in [0.29, 0.717) is 12.3 Å². The standard InChI is InChI=1S/C25H22FNO3S/c26-16-7-10-19(11-8-16)31-25-20-3-1-2-4-22(20)27-24(15-5-6-15)21(25)12-9-18-13-17(28)14-23(29)30-18/h1-4,7-12,15,17-18,28H,5-6,13-14H2/b12-9+. The molecule has 2 heterocycles. The van der Waals surface area contributed by atoms with Gasteiger partial charge in [-0.25, -0.2) is 4.39 Å². The van der Waals surface area contributed by atoms with Crippen LogP contribution in [0.2, 0.25) is 0 Å². The highest BCUT2D eigenvalue weighted by molar-refractivity contribution is 7.99. The molecule has 1 saturated heterocycles. The molecule has 2 aromatic carbocycles. The van der Waals surface area contributed by atoms with Gasteiger partial charge in [0.05, 0.1) is 23.7 Å². The molecule has 5 rings (SSSR count). The van der Waals surface area contributed by atoms with Gasteiger partial charge in [0, 0.05) is 33.1 Å². The Morgan fingerprint density at radius 1 is 1.13 bits per heavy atom. The summed E-state index contributed by atoms with van der Waals surface area (Å²) < 4.78 is 18.8. The first kappa shape index (κ1) is 20.2. The van der Waals surface area contributed by atoms with Crippen LogP contribution in [0.15, 0.2) is 64.4 Å². The zero-order chi connectivity index (χ0) is 21.4. The summed E-state index contributed by atoms with van der Waals surface area (Å²) in [4.78, 5) is 18.7. The van der Waals surface area contributed by atoms with Crippen molar-refractivity contribution in [2.24, 2.45) is 0 Å². The van der Waals surface area contributed by atoms with Crippen molar-refractivity contribution < 1.29 is 19.0 Å². The van der Waals surface area contributed by atoms with Gasteiger partial charge in [0.15, 0.2) is 0 Å². The lowest BCUT2D eigenvalue weighted by atomic mass is 10.0. The van der Waals surface area contributed by atoms with Crippen LogP contribution in [0, 0.1) is 5.82 Å². The van der Waals surface area contributed by atoms with Gasteiger partial charge in [-0.3, -0.25) is 9.78 Å². The summed E-state index contributed by atoms with van der Waals surface area (Å²) in [6.45, 7) is 0. The molecular formula is C25H22FNO3S. The van der Waals surface area contributed by atoms with E-state index >= 15 is 0 Å². The fraction of sp³-hybridized carbons (Fsp3) is 0.280. The summed E-state index contributed by atoms with van der Waals surface area (Å²) in [5, 5.41) is 11.0. The second kappa shape index (κ2) is 8.44. The van der Waals surface area contributed by atoms with Crippen LogP contribution in [0.1, 0.15) is 42.9 Å². The molecule has 2 unspecified atom stereocenters. The third kappa shape index (κ3) is 4.50. The summed E-state index contributed by atoms with van der Waals surface area (Å²) in [5.41, 5.74) is 2.99. The summed E-state index contributed by atoms with van der Waals surface area (Å²) in [6.07, 6.45) is 5.33. The Balaban J connectivity index is 1.60. The lowest BCUT2D eigenvalue weighted by Gasteiger charge is -2.23. The molecule has 2 aliphatic rings. The number of hydrogen-bond acceptors (Lipinski definition) is 5. The number of fused-ring (bicyclic) bond motifs is 1. The number of ether oxygens (including phenoxy) is 1. The number of carbonyl (C=O) groups is 1. The highest BCUT2D eigenvalue weighted by atomic mass is 32.2. The van der Waals surface area contributed by atoms with Crippen LogP contribution >= 0.6 is 11.8 Å². The first-order valence-corrected chi connectivity index (χ1v) is 11.3. The average Bonchev–Trinajstić information content (AvgIpc) is 3.59. The lowest BCUT2D eigenvalue weighted by Crippen LogP contribution is -2.31. The van der Waals surface area contributed by atoms with Gasteiger partial charge in [-0.1, -0.05) is 36.0 Å². The Labute approximate surface area is 184 Å². The van der Waals surface area contributed by atoms with E-state index < -0.39 is 12.2 Å². The first-order valence-electron chi connectivity index (χ1n) is 10.5. The third-order valence-electron chi connectivity index (χ3n) is 5.57. The van der Waals surface area contributed by atoms with Gasteiger partial charge in [0.2, 0.25) is 0 Å². The first-order chi connectivity index (χ1) is 15.1. The minimum atomic E-state index is -0.679. The number of pyridine rings is 1. The fourth-order valence-corrected chi connectivity index (χ4v) is 4.98. The van der Waals surface area contributed by atoms with Gasteiger partial charge in [-0.15, -0.1) is 0 Å². The van der Waals surface area contributed by atoms with Crippen LogP contribution in [-0.2, 0) is 9.53 Å². The Morgan fingerprint density at radius 2 is 1.90 bits per heavy atom. The van der Waals surface area contributed by atoms with Crippen molar-refractivity contribution in [1.82, 2.24) is 4.98 Å². The van der Waals surface area contributed by atoms with Gasteiger partial charge in [0.1, 0.15) is 11.9 Å².